The first-order chi connectivity index (χ1) is 6.02. The Bertz CT molecular complexity index is 356. The summed E-state index contributed by atoms with van der Waals surface area (Å²) in [6.07, 6.45) is 2.63. The third-order valence-electron chi connectivity index (χ3n) is 1.51. The molecular formula is C7H5NO4S. The van der Waals surface area contributed by atoms with Crippen LogP contribution >= 0.6 is 12.2 Å². The Morgan fingerprint density at radius 1 is 1.69 bits per heavy atom. The lowest BCUT2D eigenvalue weighted by molar-refractivity contribution is -0.420. The highest BCUT2D eigenvalue weighted by atomic mass is 32.1. The minimum Gasteiger partial charge on any atom is -0.477 e. The van der Waals surface area contributed by atoms with Gasteiger partial charge in [-0.2, -0.15) is 0 Å². The Morgan fingerprint density at radius 2 is 2.31 bits per heavy atom. The summed E-state index contributed by atoms with van der Waals surface area (Å²) in [5.74, 6) is -1.30. The van der Waals surface area contributed by atoms with Gasteiger partial charge in [-0.15, -0.1) is 0 Å². The maximum absolute atomic E-state index is 10.5. The van der Waals surface area contributed by atoms with Gasteiger partial charge in [0.2, 0.25) is 0 Å². The number of hydrogen-bond donors (Lipinski definition) is 1. The fourth-order valence-corrected chi connectivity index (χ4v) is 1.14. The molecular weight excluding hydrogens is 194 g/mol. The number of carbonyl (C=O) groups is 1. The third kappa shape index (κ3) is 1.97. The highest BCUT2D eigenvalue weighted by Gasteiger charge is 2.26. The van der Waals surface area contributed by atoms with E-state index in [1.807, 2.05) is 0 Å². The van der Waals surface area contributed by atoms with Crippen LogP contribution in [0.3, 0.4) is 0 Å². The van der Waals surface area contributed by atoms with Gasteiger partial charge in [-0.3, -0.25) is 10.1 Å². The number of carboxylic acids is 1. The molecule has 6 heteroatoms. The zero-order valence-electron chi connectivity index (χ0n) is 6.39. The van der Waals surface area contributed by atoms with E-state index in [0.717, 1.165) is 6.08 Å². The van der Waals surface area contributed by atoms with Gasteiger partial charge in [-0.05, 0) is 0 Å². The fraction of sp³-hybridized carbons (Fsp3) is 0.143. The molecule has 0 fully saturated rings. The van der Waals surface area contributed by atoms with Crippen LogP contribution in [0.25, 0.3) is 0 Å². The molecule has 0 aliphatic heterocycles. The molecule has 0 unspecified atom stereocenters. The lowest BCUT2D eigenvalue weighted by atomic mass is 10.0. The van der Waals surface area contributed by atoms with Crippen LogP contribution in [0, 0.1) is 10.1 Å². The number of hydrogen-bond acceptors (Lipinski definition) is 4. The van der Waals surface area contributed by atoms with E-state index in [0.29, 0.717) is 4.86 Å². The number of nitro groups is 1. The van der Waals surface area contributed by atoms with E-state index < -0.39 is 16.6 Å². The van der Waals surface area contributed by atoms with Crippen molar-refractivity contribution in [2.24, 2.45) is 0 Å². The first kappa shape index (κ1) is 9.53. The molecule has 0 heterocycles. The second kappa shape index (κ2) is 3.44. The van der Waals surface area contributed by atoms with E-state index in [-0.39, 0.29) is 12.0 Å². The topological polar surface area (TPSA) is 80.4 Å². The van der Waals surface area contributed by atoms with Gasteiger partial charge in [0, 0.05) is 17.4 Å². The van der Waals surface area contributed by atoms with Crippen LogP contribution in [0.4, 0.5) is 0 Å². The first-order valence-electron chi connectivity index (χ1n) is 3.35. The minimum atomic E-state index is -1.30. The van der Waals surface area contributed by atoms with E-state index >= 15 is 0 Å². The molecule has 1 N–H and O–H groups in total. The van der Waals surface area contributed by atoms with Crippen LogP contribution in [0.2, 0.25) is 0 Å². The molecule has 68 valence electrons. The molecule has 0 radical (unpaired) electrons. The average Bonchev–Trinajstić information content (AvgIpc) is 2.03. The Morgan fingerprint density at radius 3 is 2.77 bits per heavy atom. The van der Waals surface area contributed by atoms with Crippen LogP contribution in [0.15, 0.2) is 23.4 Å². The van der Waals surface area contributed by atoms with Crippen molar-refractivity contribution in [1.29, 1.82) is 0 Å². The van der Waals surface area contributed by atoms with Crippen molar-refractivity contribution in [3.05, 3.63) is 33.5 Å². The summed E-state index contributed by atoms with van der Waals surface area (Å²) in [6, 6.07) is 0. The van der Waals surface area contributed by atoms with Gasteiger partial charge in [-0.1, -0.05) is 18.3 Å². The molecule has 13 heavy (non-hydrogen) atoms. The molecule has 0 atom stereocenters. The normalized spacial score (nSPS) is 16.2. The van der Waals surface area contributed by atoms with Gasteiger partial charge in [0.1, 0.15) is 5.57 Å². The third-order valence-corrected chi connectivity index (χ3v) is 1.79. The standard InChI is InChI=1S/C7H5NO4S/c9-7(10)5-2-1-4(13)3-6(5)8(11)12/h2-3H,1H2,(H,9,10). The van der Waals surface area contributed by atoms with E-state index in [4.69, 9.17) is 17.3 Å². The SMILES string of the molecule is O=C(O)C1=CCC(=S)C=C1[N+](=O)[O-]. The molecule has 0 saturated heterocycles. The van der Waals surface area contributed by atoms with Crippen LogP contribution in [0.1, 0.15) is 6.42 Å². The molecule has 0 amide bonds. The van der Waals surface area contributed by atoms with Crippen LogP contribution < -0.4 is 0 Å². The molecule has 5 nitrogen and oxygen atoms in total. The van der Waals surface area contributed by atoms with Gasteiger partial charge in [0.25, 0.3) is 5.70 Å². The summed E-state index contributed by atoms with van der Waals surface area (Å²) in [6.45, 7) is 0. The van der Waals surface area contributed by atoms with Crippen molar-refractivity contribution < 1.29 is 14.8 Å². The summed E-state index contributed by atoms with van der Waals surface area (Å²) in [5.41, 5.74) is -0.734. The Labute approximate surface area is 78.5 Å². The van der Waals surface area contributed by atoms with Gasteiger partial charge in [-0.25, -0.2) is 4.79 Å². The number of thiocarbonyl (C=S) groups is 1. The molecule has 0 saturated carbocycles. The van der Waals surface area contributed by atoms with Crippen molar-refractivity contribution in [1.82, 2.24) is 0 Å². The zero-order valence-corrected chi connectivity index (χ0v) is 7.21. The lowest BCUT2D eigenvalue weighted by Gasteiger charge is -2.05. The first-order valence-corrected chi connectivity index (χ1v) is 3.76. The number of allylic oxidation sites excluding steroid dienone is 2. The van der Waals surface area contributed by atoms with Crippen molar-refractivity contribution in [2.45, 2.75) is 6.42 Å². The van der Waals surface area contributed by atoms with Gasteiger partial charge in [0.05, 0.1) is 4.92 Å². The molecule has 0 aromatic heterocycles. The maximum Gasteiger partial charge on any atom is 0.342 e. The van der Waals surface area contributed by atoms with E-state index in [1.165, 1.54) is 6.08 Å². The smallest absolute Gasteiger partial charge is 0.342 e. The second-order valence-electron chi connectivity index (χ2n) is 2.38. The molecule has 1 aliphatic rings. The number of rotatable bonds is 2. The Hall–Kier alpha value is -1.56. The summed E-state index contributed by atoms with van der Waals surface area (Å²) in [7, 11) is 0. The van der Waals surface area contributed by atoms with E-state index in [1.54, 1.807) is 0 Å². The van der Waals surface area contributed by atoms with Crippen LogP contribution in [0.5, 0.6) is 0 Å². The van der Waals surface area contributed by atoms with Gasteiger partial charge in [0.15, 0.2) is 0 Å². The van der Waals surface area contributed by atoms with Crippen molar-refractivity contribution >= 4 is 23.1 Å². The van der Waals surface area contributed by atoms with Crippen molar-refractivity contribution in [3.63, 3.8) is 0 Å². The summed E-state index contributed by atoms with van der Waals surface area (Å²) in [4.78, 5) is 20.5. The summed E-state index contributed by atoms with van der Waals surface area (Å²) >= 11 is 4.72. The quantitative estimate of drug-likeness (QED) is 0.406. The number of carboxylic acid groups (broad SMARTS) is 1. The second-order valence-corrected chi connectivity index (χ2v) is 2.90. The molecule has 1 aliphatic carbocycles. The van der Waals surface area contributed by atoms with Gasteiger partial charge < -0.3 is 5.11 Å². The average molecular weight is 199 g/mol. The highest BCUT2D eigenvalue weighted by molar-refractivity contribution is 7.80. The Balaban J connectivity index is 3.11. The number of aliphatic carboxylic acids is 1. The van der Waals surface area contributed by atoms with Crippen LogP contribution in [-0.4, -0.2) is 20.9 Å². The zero-order chi connectivity index (χ0) is 10.0. The molecule has 0 spiro atoms. The number of nitrogens with zero attached hydrogens (tertiary/aromatic N) is 1. The van der Waals surface area contributed by atoms with Crippen molar-refractivity contribution in [3.8, 4) is 0 Å². The Kier molecular flexibility index (Phi) is 2.52. The van der Waals surface area contributed by atoms with Gasteiger partial charge >= 0.3 is 5.97 Å². The van der Waals surface area contributed by atoms with Crippen LogP contribution in [-0.2, 0) is 4.79 Å². The largest absolute Gasteiger partial charge is 0.477 e. The predicted molar refractivity (Wildman–Crippen MR) is 48.0 cm³/mol. The monoisotopic (exact) mass is 199 g/mol. The fourth-order valence-electron chi connectivity index (χ4n) is 0.944. The molecule has 0 aromatic carbocycles. The minimum absolute atomic E-state index is 0.272. The van der Waals surface area contributed by atoms with E-state index in [9.17, 15) is 14.9 Å². The molecule has 0 bridgehead atoms. The lowest BCUT2D eigenvalue weighted by Crippen LogP contribution is -2.15. The highest BCUT2D eigenvalue weighted by Crippen LogP contribution is 2.18. The summed E-state index contributed by atoms with van der Waals surface area (Å²) in [5, 5.41) is 19.0. The molecule has 1 rings (SSSR count). The van der Waals surface area contributed by atoms with E-state index in [2.05, 4.69) is 0 Å². The predicted octanol–water partition coefficient (Wildman–Crippen LogP) is 0.932. The molecule has 0 aromatic rings. The summed E-state index contributed by atoms with van der Waals surface area (Å²) < 4.78 is 0. The maximum atomic E-state index is 10.5. The van der Waals surface area contributed by atoms with Crippen molar-refractivity contribution in [2.75, 3.05) is 0 Å².